The summed E-state index contributed by atoms with van der Waals surface area (Å²) in [6, 6.07) is 6.50. The lowest BCUT2D eigenvalue weighted by molar-refractivity contribution is -0.0233. The molecule has 4 N–H and O–H groups in total. The molecule has 2 aromatic rings. The minimum Gasteiger partial charge on any atom is -0.394 e. The van der Waals surface area contributed by atoms with Crippen molar-refractivity contribution in [2.75, 3.05) is 13.2 Å². The number of amides is 2. The highest BCUT2D eigenvalue weighted by atomic mass is 16.6. The number of carbonyl (C=O) groups is 2. The fourth-order valence-corrected chi connectivity index (χ4v) is 3.89. The van der Waals surface area contributed by atoms with Gasteiger partial charge in [-0.3, -0.25) is 24.3 Å². The van der Waals surface area contributed by atoms with E-state index in [-0.39, 0.29) is 25.1 Å². The third kappa shape index (κ3) is 3.61. The van der Waals surface area contributed by atoms with Crippen LogP contribution in [0.5, 0.6) is 0 Å². The number of aromatic nitrogens is 2. The molecule has 164 valence electrons. The minimum absolute atomic E-state index is 0.0705. The zero-order valence-corrected chi connectivity index (χ0v) is 16.3. The average Bonchev–Trinajstić information content (AvgIpc) is 3.18. The van der Waals surface area contributed by atoms with Crippen molar-refractivity contribution >= 4 is 11.8 Å². The van der Waals surface area contributed by atoms with Crippen LogP contribution in [0, 0.1) is 0 Å². The van der Waals surface area contributed by atoms with Crippen molar-refractivity contribution in [1.29, 1.82) is 0 Å². The quantitative estimate of drug-likeness (QED) is 0.397. The molecule has 0 bridgehead atoms. The normalized spacial score (nSPS) is 25.3. The predicted molar refractivity (Wildman–Crippen MR) is 104 cm³/mol. The van der Waals surface area contributed by atoms with Crippen LogP contribution in [0.1, 0.15) is 38.8 Å². The van der Waals surface area contributed by atoms with E-state index in [9.17, 15) is 34.5 Å². The smallest absolute Gasteiger partial charge is 0.328 e. The maximum Gasteiger partial charge on any atom is 0.328 e. The van der Waals surface area contributed by atoms with Crippen molar-refractivity contribution in [3.63, 3.8) is 0 Å². The van der Waals surface area contributed by atoms with Gasteiger partial charge in [0.15, 0.2) is 0 Å². The van der Waals surface area contributed by atoms with Gasteiger partial charge >= 0.3 is 5.69 Å². The van der Waals surface area contributed by atoms with Gasteiger partial charge in [0.1, 0.15) is 24.4 Å². The number of carbonyl (C=O) groups excluding carboxylic acids is 2. The van der Waals surface area contributed by atoms with Crippen molar-refractivity contribution in [1.82, 2.24) is 14.5 Å². The molecule has 2 aliphatic rings. The first-order valence-electron chi connectivity index (χ1n) is 9.74. The van der Waals surface area contributed by atoms with E-state index in [1.807, 2.05) is 0 Å². The van der Waals surface area contributed by atoms with Crippen LogP contribution >= 0.6 is 0 Å². The molecule has 0 radical (unpaired) electrons. The number of aromatic amines is 1. The van der Waals surface area contributed by atoms with Crippen LogP contribution in [0.15, 0.2) is 40.1 Å². The molecule has 2 aliphatic heterocycles. The van der Waals surface area contributed by atoms with Crippen molar-refractivity contribution < 1.29 is 29.6 Å². The van der Waals surface area contributed by atoms with Crippen molar-refractivity contribution in [2.45, 2.75) is 37.4 Å². The zero-order chi connectivity index (χ0) is 22.3. The lowest BCUT2D eigenvalue weighted by Gasteiger charge is -2.17. The van der Waals surface area contributed by atoms with Gasteiger partial charge in [-0.15, -0.1) is 0 Å². The fourth-order valence-electron chi connectivity index (χ4n) is 3.89. The topological polar surface area (TPSA) is 162 Å². The molecule has 11 nitrogen and oxygen atoms in total. The Labute approximate surface area is 175 Å². The second-order valence-electron chi connectivity index (χ2n) is 7.46. The monoisotopic (exact) mass is 431 g/mol. The summed E-state index contributed by atoms with van der Waals surface area (Å²) < 4.78 is 6.53. The third-order valence-corrected chi connectivity index (χ3v) is 5.55. The third-order valence-electron chi connectivity index (χ3n) is 5.55. The van der Waals surface area contributed by atoms with Gasteiger partial charge < -0.3 is 24.6 Å². The Morgan fingerprint density at radius 1 is 0.968 bits per heavy atom. The Morgan fingerprint density at radius 3 is 2.19 bits per heavy atom. The van der Waals surface area contributed by atoms with E-state index in [1.165, 1.54) is 10.8 Å². The van der Waals surface area contributed by atoms with Crippen LogP contribution in [-0.4, -0.2) is 73.0 Å². The summed E-state index contributed by atoms with van der Waals surface area (Å²) in [5.41, 5.74) is -0.900. The Balaban J connectivity index is 1.48. The zero-order valence-electron chi connectivity index (χ0n) is 16.3. The number of aryl methyl sites for hydroxylation is 1. The van der Waals surface area contributed by atoms with Crippen LogP contribution < -0.4 is 11.2 Å². The molecular weight excluding hydrogens is 410 g/mol. The molecular formula is C20H21N3O8. The summed E-state index contributed by atoms with van der Waals surface area (Å²) >= 11 is 0. The number of H-pyrrole nitrogens is 1. The number of hydrogen-bond acceptors (Lipinski definition) is 8. The van der Waals surface area contributed by atoms with Gasteiger partial charge in [0, 0.05) is 19.3 Å². The number of imide groups is 1. The first-order valence-corrected chi connectivity index (χ1v) is 9.74. The van der Waals surface area contributed by atoms with Gasteiger partial charge in [0.25, 0.3) is 17.4 Å². The molecule has 0 aliphatic carbocycles. The molecule has 0 spiro atoms. The van der Waals surface area contributed by atoms with E-state index in [0.717, 1.165) is 4.90 Å². The van der Waals surface area contributed by atoms with Crippen LogP contribution in [0.25, 0.3) is 0 Å². The molecule has 3 heterocycles. The molecule has 31 heavy (non-hydrogen) atoms. The molecule has 1 aromatic carbocycles. The van der Waals surface area contributed by atoms with E-state index in [2.05, 4.69) is 4.98 Å². The van der Waals surface area contributed by atoms with Crippen LogP contribution in [0.4, 0.5) is 0 Å². The van der Waals surface area contributed by atoms with E-state index in [0.29, 0.717) is 11.1 Å². The highest BCUT2D eigenvalue weighted by molar-refractivity contribution is 6.21. The summed E-state index contributed by atoms with van der Waals surface area (Å²) in [7, 11) is 0. The van der Waals surface area contributed by atoms with Gasteiger partial charge in [-0.1, -0.05) is 12.1 Å². The summed E-state index contributed by atoms with van der Waals surface area (Å²) in [6.45, 7) is -0.404. The number of ether oxygens (including phenoxy) is 1. The average molecular weight is 431 g/mol. The van der Waals surface area contributed by atoms with Crippen molar-refractivity contribution in [3.05, 3.63) is 68.0 Å². The minimum atomic E-state index is -1.46. The molecule has 0 saturated carbocycles. The Morgan fingerprint density at radius 2 is 1.61 bits per heavy atom. The molecule has 11 heteroatoms. The van der Waals surface area contributed by atoms with E-state index in [1.54, 1.807) is 24.3 Å². The number of rotatable bonds is 6. The van der Waals surface area contributed by atoms with Crippen molar-refractivity contribution in [3.8, 4) is 0 Å². The van der Waals surface area contributed by atoms with Gasteiger partial charge in [-0.05, 0) is 18.6 Å². The standard InChI is InChI=1S/C20H21N3O8/c24-9-13-14(25)15(26)16(31-13)12-8-22(20(30)21-17(12)27)6-3-7-23-18(28)10-4-1-2-5-11(10)19(23)29/h1-2,4-5,8,13-16,24-26H,3,6-7,9H2,(H,21,27,30)/t13-,14?,15?,16+/m1/s1. The molecule has 1 fully saturated rings. The van der Waals surface area contributed by atoms with E-state index in [4.69, 9.17) is 4.74 Å². The summed E-state index contributed by atoms with van der Waals surface area (Å²) in [6.07, 6.45) is -3.67. The fraction of sp³-hybridized carbons (Fsp3) is 0.400. The Hall–Kier alpha value is -3.12. The second-order valence-corrected chi connectivity index (χ2v) is 7.46. The lowest BCUT2D eigenvalue weighted by atomic mass is 10.0. The molecule has 1 saturated heterocycles. The van der Waals surface area contributed by atoms with Gasteiger partial charge in [-0.2, -0.15) is 0 Å². The van der Waals surface area contributed by atoms with Gasteiger partial charge in [0.2, 0.25) is 0 Å². The van der Waals surface area contributed by atoms with Gasteiger partial charge in [0.05, 0.1) is 23.3 Å². The highest BCUT2D eigenvalue weighted by Gasteiger charge is 2.44. The van der Waals surface area contributed by atoms with E-state index < -0.39 is 54.1 Å². The number of aliphatic hydroxyl groups excluding tert-OH is 3. The molecule has 2 amide bonds. The molecule has 4 atom stereocenters. The number of fused-ring (bicyclic) bond motifs is 1. The summed E-state index contributed by atoms with van der Waals surface area (Å²) in [5, 5.41) is 29.3. The van der Waals surface area contributed by atoms with E-state index >= 15 is 0 Å². The first-order chi connectivity index (χ1) is 14.8. The predicted octanol–water partition coefficient (Wildman–Crippen LogP) is -1.62. The van der Waals surface area contributed by atoms with Crippen LogP contribution in [0.2, 0.25) is 0 Å². The number of nitrogens with one attached hydrogen (secondary N) is 1. The van der Waals surface area contributed by atoms with Crippen LogP contribution in [0.3, 0.4) is 0 Å². The summed E-state index contributed by atoms with van der Waals surface area (Å²) in [4.78, 5) is 52.5. The van der Waals surface area contributed by atoms with Gasteiger partial charge in [-0.25, -0.2) is 4.79 Å². The van der Waals surface area contributed by atoms with Crippen molar-refractivity contribution in [2.24, 2.45) is 0 Å². The number of benzene rings is 1. The maximum atomic E-state index is 12.4. The first kappa shape index (κ1) is 21.1. The molecule has 2 unspecified atom stereocenters. The molecule has 1 aromatic heterocycles. The summed E-state index contributed by atoms with van der Waals surface area (Å²) in [5.74, 6) is -0.803. The lowest BCUT2D eigenvalue weighted by Crippen LogP contribution is -2.37. The highest BCUT2D eigenvalue weighted by Crippen LogP contribution is 2.31. The number of aliphatic hydroxyl groups is 3. The number of nitrogens with zero attached hydrogens (tertiary/aromatic N) is 2. The maximum absolute atomic E-state index is 12.4. The number of hydrogen-bond donors (Lipinski definition) is 4. The Kier molecular flexibility index (Phi) is 5.58. The molecule has 4 rings (SSSR count). The largest absolute Gasteiger partial charge is 0.394 e. The Bertz CT molecular complexity index is 1100. The van der Waals surface area contributed by atoms with Crippen LogP contribution in [-0.2, 0) is 11.3 Å². The second kappa shape index (κ2) is 8.19. The SMILES string of the molecule is O=C1c2ccccc2C(=O)N1CCCn1cc([C@@H]2O[C@H](CO)C(O)C2O)c(=O)[nH]c1=O.